The Hall–Kier alpha value is -1.49. The summed E-state index contributed by atoms with van der Waals surface area (Å²) in [6.07, 6.45) is 0. The molecule has 1 heterocycles. The molecule has 1 aromatic carbocycles. The summed E-state index contributed by atoms with van der Waals surface area (Å²) in [5, 5.41) is 7.63. The summed E-state index contributed by atoms with van der Waals surface area (Å²) in [6, 6.07) is 7.29. The highest BCUT2D eigenvalue weighted by Gasteiger charge is 2.08. The van der Waals surface area contributed by atoms with E-state index in [0.717, 1.165) is 5.56 Å². The summed E-state index contributed by atoms with van der Waals surface area (Å²) in [6.45, 7) is 0. The van der Waals surface area contributed by atoms with Gasteiger partial charge in [0, 0.05) is 5.69 Å². The van der Waals surface area contributed by atoms with Gasteiger partial charge in [-0.1, -0.05) is 24.8 Å². The minimum absolute atomic E-state index is 0.234. The number of aromatic nitrogens is 2. The number of nitrogens with two attached hydrogens (primary N) is 1. The van der Waals surface area contributed by atoms with Gasteiger partial charge in [0.1, 0.15) is 0 Å². The molecule has 0 spiro atoms. The first-order chi connectivity index (χ1) is 6.27. The number of hydrogen-bond donors (Lipinski definition) is 2. The highest BCUT2D eigenvalue weighted by Crippen LogP contribution is 2.24. The smallest absolute Gasteiger partial charge is 0.273 e. The lowest BCUT2D eigenvalue weighted by Crippen LogP contribution is -1.88. The Morgan fingerprint density at radius 2 is 2.00 bits per heavy atom. The van der Waals surface area contributed by atoms with Crippen LogP contribution in [0.2, 0.25) is 0 Å². The monoisotopic (exact) mass is 193 g/mol. The molecule has 5 heteroatoms. The van der Waals surface area contributed by atoms with Gasteiger partial charge in [0.15, 0.2) is 0 Å². The largest absolute Gasteiger partial charge is 0.411 e. The Morgan fingerprint density at radius 1 is 1.23 bits per heavy atom. The van der Waals surface area contributed by atoms with Gasteiger partial charge >= 0.3 is 0 Å². The zero-order valence-electron chi connectivity index (χ0n) is 6.64. The van der Waals surface area contributed by atoms with E-state index in [1.54, 1.807) is 6.07 Å². The summed E-state index contributed by atoms with van der Waals surface area (Å²) in [5.74, 6) is 0.392. The van der Waals surface area contributed by atoms with Crippen LogP contribution in [0.5, 0.6) is 0 Å². The molecule has 0 atom stereocenters. The zero-order valence-corrected chi connectivity index (χ0v) is 7.53. The Labute approximate surface area is 80.2 Å². The number of thiol groups is 1. The first-order valence-electron chi connectivity index (χ1n) is 3.65. The van der Waals surface area contributed by atoms with Crippen LogP contribution in [0.1, 0.15) is 0 Å². The molecule has 0 aliphatic heterocycles. The second kappa shape index (κ2) is 3.10. The summed E-state index contributed by atoms with van der Waals surface area (Å²) in [7, 11) is 0. The normalized spacial score (nSPS) is 10.2. The second-order valence-electron chi connectivity index (χ2n) is 2.48. The first kappa shape index (κ1) is 8.12. The highest BCUT2D eigenvalue weighted by atomic mass is 32.1. The van der Waals surface area contributed by atoms with E-state index in [4.69, 9.17) is 10.2 Å². The number of hydrogen-bond acceptors (Lipinski definition) is 5. The summed E-state index contributed by atoms with van der Waals surface area (Å²) < 4.78 is 5.11. The Balaban J connectivity index is 2.52. The third-order valence-corrected chi connectivity index (χ3v) is 1.79. The molecule has 0 saturated carbocycles. The molecule has 2 N–H and O–H groups in total. The predicted molar refractivity (Wildman–Crippen MR) is 51.4 cm³/mol. The van der Waals surface area contributed by atoms with E-state index in [1.807, 2.05) is 18.2 Å². The molecule has 0 saturated heterocycles. The molecule has 0 radical (unpaired) electrons. The van der Waals surface area contributed by atoms with Gasteiger partial charge < -0.3 is 10.2 Å². The van der Waals surface area contributed by atoms with Gasteiger partial charge in [-0.15, -0.1) is 10.2 Å². The predicted octanol–water partition coefficient (Wildman–Crippen LogP) is 1.61. The van der Waals surface area contributed by atoms with Crippen LogP contribution in [0.4, 0.5) is 5.69 Å². The maximum absolute atomic E-state index is 5.71. The minimum atomic E-state index is 0.234. The number of rotatable bonds is 1. The fourth-order valence-corrected chi connectivity index (χ4v) is 1.15. The molecule has 0 amide bonds. The van der Waals surface area contributed by atoms with Gasteiger partial charge in [0.05, 0.1) is 5.56 Å². The van der Waals surface area contributed by atoms with Gasteiger partial charge in [-0.3, -0.25) is 0 Å². The third kappa shape index (κ3) is 1.50. The SMILES string of the molecule is Nc1ccccc1-c1nnc(S)o1. The van der Waals surface area contributed by atoms with Gasteiger partial charge in [0.2, 0.25) is 0 Å². The van der Waals surface area contributed by atoms with Crippen molar-refractivity contribution in [2.75, 3.05) is 5.73 Å². The van der Waals surface area contributed by atoms with Gasteiger partial charge in [-0.05, 0) is 12.1 Å². The van der Waals surface area contributed by atoms with Gasteiger partial charge in [0.25, 0.3) is 11.1 Å². The van der Waals surface area contributed by atoms with Crippen molar-refractivity contribution in [2.45, 2.75) is 5.22 Å². The quantitative estimate of drug-likeness (QED) is 0.533. The average Bonchev–Trinajstić information content (AvgIpc) is 2.53. The zero-order chi connectivity index (χ0) is 9.26. The van der Waals surface area contributed by atoms with Crippen LogP contribution in [-0.2, 0) is 0 Å². The van der Waals surface area contributed by atoms with E-state index >= 15 is 0 Å². The molecule has 13 heavy (non-hydrogen) atoms. The molecule has 0 unspecified atom stereocenters. The van der Waals surface area contributed by atoms with Crippen molar-refractivity contribution in [3.63, 3.8) is 0 Å². The first-order valence-corrected chi connectivity index (χ1v) is 4.09. The van der Waals surface area contributed by atoms with Crippen LogP contribution in [0.25, 0.3) is 11.5 Å². The molecule has 1 aromatic heterocycles. The van der Waals surface area contributed by atoms with Crippen LogP contribution in [0.15, 0.2) is 33.9 Å². The van der Waals surface area contributed by atoms with E-state index in [1.165, 1.54) is 0 Å². The van der Waals surface area contributed by atoms with Crippen molar-refractivity contribution in [3.05, 3.63) is 24.3 Å². The van der Waals surface area contributed by atoms with Crippen LogP contribution < -0.4 is 5.73 Å². The van der Waals surface area contributed by atoms with Crippen LogP contribution in [0.3, 0.4) is 0 Å². The lowest BCUT2D eigenvalue weighted by atomic mass is 10.2. The van der Waals surface area contributed by atoms with E-state index in [9.17, 15) is 0 Å². The molecule has 0 aliphatic carbocycles. The van der Waals surface area contributed by atoms with Crippen molar-refractivity contribution in [3.8, 4) is 11.5 Å². The van der Waals surface area contributed by atoms with Crippen molar-refractivity contribution in [2.24, 2.45) is 0 Å². The van der Waals surface area contributed by atoms with Crippen molar-refractivity contribution < 1.29 is 4.42 Å². The molecule has 0 aliphatic rings. The molecule has 2 aromatic rings. The number of benzene rings is 1. The Bertz CT molecular complexity index is 427. The molecular formula is C8H7N3OS. The molecule has 2 rings (SSSR count). The van der Waals surface area contributed by atoms with Crippen LogP contribution >= 0.6 is 12.6 Å². The lowest BCUT2D eigenvalue weighted by molar-refractivity contribution is 0.468. The number of nitrogen functional groups attached to an aromatic ring is 1. The van der Waals surface area contributed by atoms with Crippen LogP contribution in [0, 0.1) is 0 Å². The topological polar surface area (TPSA) is 64.9 Å². The van der Waals surface area contributed by atoms with Crippen molar-refractivity contribution >= 4 is 18.3 Å². The Morgan fingerprint density at radius 3 is 2.62 bits per heavy atom. The van der Waals surface area contributed by atoms with E-state index < -0.39 is 0 Å². The maximum atomic E-state index is 5.71. The summed E-state index contributed by atoms with van der Waals surface area (Å²) in [5.41, 5.74) is 7.05. The lowest BCUT2D eigenvalue weighted by Gasteiger charge is -1.97. The average molecular weight is 193 g/mol. The second-order valence-corrected chi connectivity index (χ2v) is 2.86. The molecule has 0 bridgehead atoms. The number of para-hydroxylation sites is 1. The third-order valence-electron chi connectivity index (χ3n) is 1.61. The van der Waals surface area contributed by atoms with E-state index in [-0.39, 0.29) is 5.22 Å². The van der Waals surface area contributed by atoms with Crippen LogP contribution in [-0.4, -0.2) is 10.2 Å². The number of anilines is 1. The minimum Gasteiger partial charge on any atom is -0.411 e. The standard InChI is InChI=1S/C8H7N3OS/c9-6-4-2-1-3-5(6)7-10-11-8(13)12-7/h1-4H,9H2,(H,11,13). The van der Waals surface area contributed by atoms with E-state index in [2.05, 4.69) is 22.8 Å². The highest BCUT2D eigenvalue weighted by molar-refractivity contribution is 7.80. The van der Waals surface area contributed by atoms with Gasteiger partial charge in [-0.25, -0.2) is 0 Å². The fraction of sp³-hybridized carbons (Fsp3) is 0. The molecule has 0 fully saturated rings. The van der Waals surface area contributed by atoms with Crippen molar-refractivity contribution in [1.82, 2.24) is 10.2 Å². The number of nitrogens with zero attached hydrogens (tertiary/aromatic N) is 2. The fourth-order valence-electron chi connectivity index (χ4n) is 1.02. The molecule has 66 valence electrons. The van der Waals surface area contributed by atoms with Gasteiger partial charge in [-0.2, -0.15) is 0 Å². The van der Waals surface area contributed by atoms with E-state index in [0.29, 0.717) is 11.6 Å². The molecule has 4 nitrogen and oxygen atoms in total. The Kier molecular flexibility index (Phi) is 1.94. The molecular weight excluding hydrogens is 186 g/mol. The van der Waals surface area contributed by atoms with Crippen molar-refractivity contribution in [1.29, 1.82) is 0 Å². The summed E-state index contributed by atoms with van der Waals surface area (Å²) in [4.78, 5) is 0. The maximum Gasteiger partial charge on any atom is 0.273 e. The summed E-state index contributed by atoms with van der Waals surface area (Å²) >= 11 is 3.91.